The number of ether oxygens (including phenoxy) is 1. The highest BCUT2D eigenvalue weighted by atomic mass is 32.2. The van der Waals surface area contributed by atoms with Crippen LogP contribution in [0.15, 0.2) is 35.2 Å². The monoisotopic (exact) mass is 291 g/mol. The van der Waals surface area contributed by atoms with Gasteiger partial charge in [0.05, 0.1) is 13.2 Å². The summed E-state index contributed by atoms with van der Waals surface area (Å²) in [5.74, 6) is -1.96. The maximum absolute atomic E-state index is 13.3. The first-order chi connectivity index (χ1) is 8.83. The molecule has 0 fully saturated rings. The number of halogens is 2. The molecule has 0 unspecified atom stereocenters. The zero-order chi connectivity index (χ0) is 14.5. The molecule has 106 valence electrons. The molecule has 0 aliphatic heterocycles. The summed E-state index contributed by atoms with van der Waals surface area (Å²) in [5, 5.41) is 0. The fraction of sp³-hybridized carbons (Fsp3) is 0.333. The van der Waals surface area contributed by atoms with Crippen LogP contribution >= 0.6 is 0 Å². The summed E-state index contributed by atoms with van der Waals surface area (Å²) in [4.78, 5) is -0.589. The zero-order valence-corrected chi connectivity index (χ0v) is 11.3. The topological polar surface area (TPSA) is 55.4 Å². The van der Waals surface area contributed by atoms with E-state index in [-0.39, 0.29) is 13.2 Å². The van der Waals surface area contributed by atoms with Crippen molar-refractivity contribution in [3.05, 3.63) is 42.0 Å². The number of nitrogens with one attached hydrogen (secondary N) is 1. The molecule has 19 heavy (non-hydrogen) atoms. The van der Waals surface area contributed by atoms with E-state index in [1.807, 2.05) is 0 Å². The first-order valence-corrected chi connectivity index (χ1v) is 6.98. The summed E-state index contributed by atoms with van der Waals surface area (Å²) in [6.45, 7) is 5.85. The number of hydrogen-bond donors (Lipinski definition) is 1. The Bertz CT molecular complexity index is 558. The molecule has 0 aromatic heterocycles. The molecule has 7 heteroatoms. The highest BCUT2D eigenvalue weighted by Gasteiger charge is 2.18. The van der Waals surface area contributed by atoms with Gasteiger partial charge in [0.2, 0.25) is 10.0 Å². The lowest BCUT2D eigenvalue weighted by atomic mass is 10.3. The summed E-state index contributed by atoms with van der Waals surface area (Å²) >= 11 is 0. The molecule has 1 rings (SSSR count). The van der Waals surface area contributed by atoms with Crippen LogP contribution in [-0.4, -0.2) is 28.2 Å². The Labute approximate surface area is 111 Å². The van der Waals surface area contributed by atoms with E-state index in [2.05, 4.69) is 11.3 Å². The van der Waals surface area contributed by atoms with Crippen molar-refractivity contribution in [1.29, 1.82) is 0 Å². The highest BCUT2D eigenvalue weighted by Crippen LogP contribution is 2.14. The van der Waals surface area contributed by atoms with Crippen molar-refractivity contribution >= 4 is 10.0 Å². The predicted molar refractivity (Wildman–Crippen MR) is 67.2 cm³/mol. The van der Waals surface area contributed by atoms with Gasteiger partial charge >= 0.3 is 0 Å². The Morgan fingerprint density at radius 2 is 2.11 bits per heavy atom. The number of benzene rings is 1. The van der Waals surface area contributed by atoms with Gasteiger partial charge in [-0.25, -0.2) is 21.9 Å². The van der Waals surface area contributed by atoms with Crippen LogP contribution < -0.4 is 4.72 Å². The second-order valence-electron chi connectivity index (χ2n) is 3.98. The van der Waals surface area contributed by atoms with Gasteiger partial charge < -0.3 is 4.74 Å². The van der Waals surface area contributed by atoms with Gasteiger partial charge in [0, 0.05) is 12.6 Å². The number of hydrogen-bond acceptors (Lipinski definition) is 3. The van der Waals surface area contributed by atoms with E-state index in [1.165, 1.54) is 0 Å². The molecule has 0 bridgehead atoms. The van der Waals surface area contributed by atoms with E-state index in [0.717, 1.165) is 17.7 Å². The molecule has 4 nitrogen and oxygen atoms in total. The molecule has 0 aliphatic rings. The number of sulfonamides is 1. The van der Waals surface area contributed by atoms with E-state index >= 15 is 0 Å². The van der Waals surface area contributed by atoms with Crippen molar-refractivity contribution in [2.45, 2.75) is 11.8 Å². The van der Waals surface area contributed by atoms with E-state index < -0.39 is 26.6 Å². The minimum Gasteiger partial charge on any atom is -0.376 e. The Kier molecular flexibility index (Phi) is 5.59. The molecule has 1 aromatic carbocycles. The van der Waals surface area contributed by atoms with Gasteiger partial charge in [-0.3, -0.25) is 0 Å². The SMILES string of the molecule is C=C(C)COCCNS(=O)(=O)c1ccc(F)cc1F. The standard InChI is InChI=1S/C12H15F2NO3S/c1-9(2)8-18-6-5-15-19(16,17)12-4-3-10(13)7-11(12)14/h3-4,7,15H,1,5-6,8H2,2H3. The maximum atomic E-state index is 13.3. The van der Waals surface area contributed by atoms with Crippen LogP contribution in [0.5, 0.6) is 0 Å². The third-order valence-electron chi connectivity index (χ3n) is 2.07. The number of rotatable bonds is 7. The average Bonchev–Trinajstić information content (AvgIpc) is 2.27. The third kappa shape index (κ3) is 5.06. The fourth-order valence-corrected chi connectivity index (χ4v) is 2.34. The Morgan fingerprint density at radius 1 is 1.42 bits per heavy atom. The van der Waals surface area contributed by atoms with Gasteiger partial charge in [0.25, 0.3) is 0 Å². The van der Waals surface area contributed by atoms with Crippen molar-refractivity contribution in [2.75, 3.05) is 19.8 Å². The molecule has 0 spiro atoms. The van der Waals surface area contributed by atoms with Gasteiger partial charge in [-0.15, -0.1) is 0 Å². The molecule has 0 atom stereocenters. The summed E-state index contributed by atoms with van der Waals surface area (Å²) < 4.78 is 56.7. The Morgan fingerprint density at radius 3 is 2.68 bits per heavy atom. The van der Waals surface area contributed by atoms with Gasteiger partial charge in [-0.2, -0.15) is 0 Å². The Hall–Kier alpha value is -1.31. The van der Waals surface area contributed by atoms with Crippen LogP contribution in [0.4, 0.5) is 8.78 Å². The molecular weight excluding hydrogens is 276 g/mol. The van der Waals surface area contributed by atoms with Crippen LogP contribution in [0.25, 0.3) is 0 Å². The maximum Gasteiger partial charge on any atom is 0.243 e. The smallest absolute Gasteiger partial charge is 0.243 e. The average molecular weight is 291 g/mol. The normalized spacial score (nSPS) is 11.5. The van der Waals surface area contributed by atoms with Crippen molar-refractivity contribution in [2.24, 2.45) is 0 Å². The van der Waals surface area contributed by atoms with Crippen molar-refractivity contribution in [1.82, 2.24) is 4.72 Å². The summed E-state index contributed by atoms with van der Waals surface area (Å²) in [6.07, 6.45) is 0. The second kappa shape index (κ2) is 6.74. The molecule has 0 heterocycles. The van der Waals surface area contributed by atoms with E-state index in [4.69, 9.17) is 4.74 Å². The lowest BCUT2D eigenvalue weighted by Crippen LogP contribution is -2.28. The minimum absolute atomic E-state index is 0.00751. The Balaban J connectivity index is 2.59. The van der Waals surface area contributed by atoms with Crippen molar-refractivity contribution in [3.63, 3.8) is 0 Å². The van der Waals surface area contributed by atoms with E-state index in [0.29, 0.717) is 12.7 Å². The third-order valence-corrected chi connectivity index (χ3v) is 3.56. The molecular formula is C12H15F2NO3S. The van der Waals surface area contributed by atoms with Gasteiger partial charge in [-0.05, 0) is 19.1 Å². The lowest BCUT2D eigenvalue weighted by molar-refractivity contribution is 0.162. The van der Waals surface area contributed by atoms with Crippen LogP contribution in [0.3, 0.4) is 0 Å². The first kappa shape index (κ1) is 15.7. The summed E-state index contributed by atoms with van der Waals surface area (Å²) in [6, 6.07) is 2.28. The lowest BCUT2D eigenvalue weighted by Gasteiger charge is -2.08. The molecule has 1 N–H and O–H groups in total. The molecule has 0 aliphatic carbocycles. The summed E-state index contributed by atoms with van der Waals surface area (Å²) in [5.41, 5.74) is 0.812. The van der Waals surface area contributed by atoms with Crippen molar-refractivity contribution in [3.8, 4) is 0 Å². The minimum atomic E-state index is -4.00. The fourth-order valence-electron chi connectivity index (χ4n) is 1.27. The summed E-state index contributed by atoms with van der Waals surface area (Å²) in [7, 11) is -4.00. The molecule has 0 radical (unpaired) electrons. The first-order valence-electron chi connectivity index (χ1n) is 5.50. The molecule has 0 saturated carbocycles. The van der Waals surface area contributed by atoms with Crippen LogP contribution in [0.2, 0.25) is 0 Å². The highest BCUT2D eigenvalue weighted by molar-refractivity contribution is 7.89. The van der Waals surface area contributed by atoms with Crippen LogP contribution in [0.1, 0.15) is 6.92 Å². The van der Waals surface area contributed by atoms with Gasteiger partial charge in [0.1, 0.15) is 16.5 Å². The molecule has 0 saturated heterocycles. The van der Waals surface area contributed by atoms with Gasteiger partial charge in [0.15, 0.2) is 0 Å². The predicted octanol–water partition coefficient (Wildman–Crippen LogP) is 1.84. The van der Waals surface area contributed by atoms with E-state index in [9.17, 15) is 17.2 Å². The largest absolute Gasteiger partial charge is 0.376 e. The second-order valence-corrected chi connectivity index (χ2v) is 5.72. The van der Waals surface area contributed by atoms with Crippen LogP contribution in [-0.2, 0) is 14.8 Å². The quantitative estimate of drug-likeness (QED) is 0.616. The van der Waals surface area contributed by atoms with Crippen LogP contribution in [0, 0.1) is 11.6 Å². The van der Waals surface area contributed by atoms with Crippen molar-refractivity contribution < 1.29 is 21.9 Å². The molecule has 0 amide bonds. The molecule has 1 aromatic rings. The zero-order valence-electron chi connectivity index (χ0n) is 10.4. The van der Waals surface area contributed by atoms with Gasteiger partial charge in [-0.1, -0.05) is 12.2 Å². The van der Waals surface area contributed by atoms with E-state index in [1.54, 1.807) is 6.92 Å².